The summed E-state index contributed by atoms with van der Waals surface area (Å²) in [6.07, 6.45) is 0. The number of esters is 1. The number of thioether (sulfide) groups is 1. The molecule has 0 radical (unpaired) electrons. The third-order valence-electron chi connectivity index (χ3n) is 2.35. The number of ether oxygens (including phenoxy) is 1. The van der Waals surface area contributed by atoms with E-state index in [1.165, 1.54) is 18.9 Å². The van der Waals surface area contributed by atoms with Crippen molar-refractivity contribution in [2.75, 3.05) is 19.5 Å². The minimum absolute atomic E-state index is 0.225. The van der Waals surface area contributed by atoms with Gasteiger partial charge in [0.1, 0.15) is 0 Å². The van der Waals surface area contributed by atoms with Crippen LogP contribution in [0, 0.1) is 0 Å². The predicted molar refractivity (Wildman–Crippen MR) is 73.6 cm³/mol. The van der Waals surface area contributed by atoms with Crippen LogP contribution in [0.3, 0.4) is 0 Å². The summed E-state index contributed by atoms with van der Waals surface area (Å²) >= 11 is 1.44. The van der Waals surface area contributed by atoms with Crippen LogP contribution in [-0.4, -0.2) is 42.5 Å². The predicted octanol–water partition coefficient (Wildman–Crippen LogP) is 0.570. The SMILES string of the molecule is COC(=O)C(CO)NC(=O)CSCc1ccccc1. The van der Waals surface area contributed by atoms with E-state index in [9.17, 15) is 9.59 Å². The number of hydrogen-bond acceptors (Lipinski definition) is 5. The molecule has 0 fully saturated rings. The maximum Gasteiger partial charge on any atom is 0.330 e. The summed E-state index contributed by atoms with van der Waals surface area (Å²) in [4.78, 5) is 22.7. The van der Waals surface area contributed by atoms with Crippen LogP contribution in [0.25, 0.3) is 0 Å². The normalized spacial score (nSPS) is 11.7. The van der Waals surface area contributed by atoms with Gasteiger partial charge in [0.25, 0.3) is 0 Å². The van der Waals surface area contributed by atoms with E-state index in [-0.39, 0.29) is 11.7 Å². The molecule has 104 valence electrons. The Hall–Kier alpha value is -1.53. The van der Waals surface area contributed by atoms with Gasteiger partial charge in [-0.15, -0.1) is 11.8 Å². The van der Waals surface area contributed by atoms with Crippen LogP contribution in [0.5, 0.6) is 0 Å². The second kappa shape index (κ2) is 8.55. The van der Waals surface area contributed by atoms with Crippen molar-refractivity contribution in [3.8, 4) is 0 Å². The highest BCUT2D eigenvalue weighted by Crippen LogP contribution is 2.11. The third-order valence-corrected chi connectivity index (χ3v) is 3.35. The van der Waals surface area contributed by atoms with Gasteiger partial charge < -0.3 is 15.2 Å². The van der Waals surface area contributed by atoms with Gasteiger partial charge in [-0.05, 0) is 5.56 Å². The molecule has 1 rings (SSSR count). The minimum Gasteiger partial charge on any atom is -0.467 e. The molecule has 0 aliphatic heterocycles. The zero-order valence-electron chi connectivity index (χ0n) is 10.7. The molecule has 1 amide bonds. The first-order valence-electron chi connectivity index (χ1n) is 5.77. The Morgan fingerprint density at radius 2 is 2.05 bits per heavy atom. The van der Waals surface area contributed by atoms with Crippen molar-refractivity contribution >= 4 is 23.6 Å². The molecule has 19 heavy (non-hydrogen) atoms. The molecule has 1 unspecified atom stereocenters. The Balaban J connectivity index is 2.29. The number of carbonyl (C=O) groups is 2. The number of nitrogens with one attached hydrogen (secondary N) is 1. The van der Waals surface area contributed by atoms with Gasteiger partial charge >= 0.3 is 5.97 Å². The quantitative estimate of drug-likeness (QED) is 0.716. The zero-order chi connectivity index (χ0) is 14.1. The summed E-state index contributed by atoms with van der Waals surface area (Å²) in [5.74, 6) is -0.00661. The van der Waals surface area contributed by atoms with Gasteiger partial charge in [0.05, 0.1) is 19.5 Å². The highest BCUT2D eigenvalue weighted by atomic mass is 32.2. The van der Waals surface area contributed by atoms with Gasteiger partial charge in [0.2, 0.25) is 5.91 Å². The smallest absolute Gasteiger partial charge is 0.330 e. The van der Waals surface area contributed by atoms with E-state index in [1.54, 1.807) is 0 Å². The summed E-state index contributed by atoms with van der Waals surface area (Å²) in [5, 5.41) is 11.4. The minimum atomic E-state index is -0.991. The molecule has 0 saturated heterocycles. The Morgan fingerprint density at radius 1 is 1.37 bits per heavy atom. The van der Waals surface area contributed by atoms with E-state index in [4.69, 9.17) is 5.11 Å². The van der Waals surface area contributed by atoms with Crippen molar-refractivity contribution in [1.29, 1.82) is 0 Å². The Bertz CT molecular complexity index is 410. The van der Waals surface area contributed by atoms with Gasteiger partial charge in [-0.3, -0.25) is 4.79 Å². The van der Waals surface area contributed by atoms with E-state index in [1.807, 2.05) is 30.3 Å². The number of aliphatic hydroxyl groups excluding tert-OH is 1. The molecule has 0 saturated carbocycles. The molecule has 6 heteroatoms. The molecule has 0 spiro atoms. The molecule has 1 aromatic carbocycles. The molecule has 1 aromatic rings. The second-order valence-corrected chi connectivity index (χ2v) is 4.79. The fraction of sp³-hybridized carbons (Fsp3) is 0.385. The van der Waals surface area contributed by atoms with E-state index >= 15 is 0 Å². The van der Waals surface area contributed by atoms with Crippen LogP contribution in [0.15, 0.2) is 30.3 Å². The second-order valence-electron chi connectivity index (χ2n) is 3.80. The highest BCUT2D eigenvalue weighted by molar-refractivity contribution is 7.99. The highest BCUT2D eigenvalue weighted by Gasteiger charge is 2.19. The summed E-state index contributed by atoms with van der Waals surface area (Å²) in [6.45, 7) is -0.470. The van der Waals surface area contributed by atoms with Crippen LogP contribution in [0.4, 0.5) is 0 Å². The fourth-order valence-electron chi connectivity index (χ4n) is 1.39. The van der Waals surface area contributed by atoms with E-state index in [0.29, 0.717) is 0 Å². The summed E-state index contributed by atoms with van der Waals surface area (Å²) in [5.41, 5.74) is 1.13. The number of rotatable bonds is 7. The summed E-state index contributed by atoms with van der Waals surface area (Å²) in [7, 11) is 1.21. The van der Waals surface area contributed by atoms with Crippen molar-refractivity contribution in [2.45, 2.75) is 11.8 Å². The molecule has 0 aromatic heterocycles. The first-order valence-corrected chi connectivity index (χ1v) is 6.92. The number of amides is 1. The standard InChI is InChI=1S/C13H17NO4S/c1-18-13(17)11(7-15)14-12(16)9-19-8-10-5-3-2-4-6-10/h2-6,11,15H,7-9H2,1H3,(H,14,16). The largest absolute Gasteiger partial charge is 0.467 e. The molecule has 0 heterocycles. The van der Waals surface area contributed by atoms with Crippen LogP contribution in [0.2, 0.25) is 0 Å². The Morgan fingerprint density at radius 3 is 2.63 bits per heavy atom. The lowest BCUT2D eigenvalue weighted by Gasteiger charge is -2.13. The number of carbonyl (C=O) groups excluding carboxylic acids is 2. The topological polar surface area (TPSA) is 75.6 Å². The first kappa shape index (κ1) is 15.5. The molecular weight excluding hydrogens is 266 g/mol. The van der Waals surface area contributed by atoms with Crippen molar-refractivity contribution < 1.29 is 19.4 Å². The Kier molecular flexibility index (Phi) is 6.99. The molecule has 0 aliphatic rings. The van der Waals surface area contributed by atoms with E-state index in [0.717, 1.165) is 11.3 Å². The lowest BCUT2D eigenvalue weighted by molar-refractivity contribution is -0.145. The maximum absolute atomic E-state index is 11.6. The zero-order valence-corrected chi connectivity index (χ0v) is 11.5. The number of methoxy groups -OCH3 is 1. The number of aliphatic hydroxyl groups is 1. The van der Waals surface area contributed by atoms with Gasteiger partial charge in [-0.2, -0.15) is 0 Å². The van der Waals surface area contributed by atoms with Crippen LogP contribution < -0.4 is 5.32 Å². The van der Waals surface area contributed by atoms with Crippen LogP contribution in [-0.2, 0) is 20.1 Å². The van der Waals surface area contributed by atoms with Gasteiger partial charge in [-0.1, -0.05) is 30.3 Å². The van der Waals surface area contributed by atoms with Crippen molar-refractivity contribution in [2.24, 2.45) is 0 Å². The average Bonchev–Trinajstić information content (AvgIpc) is 2.45. The summed E-state index contributed by atoms with van der Waals surface area (Å²) < 4.78 is 4.46. The lowest BCUT2D eigenvalue weighted by atomic mass is 10.2. The van der Waals surface area contributed by atoms with Crippen molar-refractivity contribution in [1.82, 2.24) is 5.32 Å². The molecule has 0 aliphatic carbocycles. The molecule has 2 N–H and O–H groups in total. The Labute approximate surface area is 116 Å². The molecule has 5 nitrogen and oxygen atoms in total. The number of benzene rings is 1. The van der Waals surface area contributed by atoms with Crippen LogP contribution >= 0.6 is 11.8 Å². The van der Waals surface area contributed by atoms with E-state index < -0.39 is 18.6 Å². The van der Waals surface area contributed by atoms with Crippen LogP contribution in [0.1, 0.15) is 5.56 Å². The molecule has 0 bridgehead atoms. The third kappa shape index (κ3) is 5.76. The first-order chi connectivity index (χ1) is 9.17. The van der Waals surface area contributed by atoms with Gasteiger partial charge in [0, 0.05) is 5.75 Å². The summed E-state index contributed by atoms with van der Waals surface area (Å²) in [6, 6.07) is 8.79. The van der Waals surface area contributed by atoms with Crippen molar-refractivity contribution in [3.05, 3.63) is 35.9 Å². The fourth-order valence-corrected chi connectivity index (χ4v) is 2.19. The van der Waals surface area contributed by atoms with Crippen molar-refractivity contribution in [3.63, 3.8) is 0 Å². The van der Waals surface area contributed by atoms with E-state index in [2.05, 4.69) is 10.1 Å². The maximum atomic E-state index is 11.6. The molecular formula is C13H17NO4S. The molecule has 1 atom stereocenters. The lowest BCUT2D eigenvalue weighted by Crippen LogP contribution is -2.44. The average molecular weight is 283 g/mol. The monoisotopic (exact) mass is 283 g/mol. The number of hydrogen-bond donors (Lipinski definition) is 2. The van der Waals surface area contributed by atoms with Gasteiger partial charge in [0.15, 0.2) is 6.04 Å². The van der Waals surface area contributed by atoms with Gasteiger partial charge in [-0.25, -0.2) is 4.79 Å².